The Balaban J connectivity index is 2.06. The molecule has 1 saturated carbocycles. The van der Waals surface area contributed by atoms with Gasteiger partial charge in [-0.1, -0.05) is 0 Å². The molecule has 0 radical (unpaired) electrons. The van der Waals surface area contributed by atoms with Gasteiger partial charge in [0.1, 0.15) is 11.4 Å². The van der Waals surface area contributed by atoms with Gasteiger partial charge in [-0.2, -0.15) is 0 Å². The van der Waals surface area contributed by atoms with Crippen molar-refractivity contribution in [3.63, 3.8) is 0 Å². The molecule has 0 saturated heterocycles. The number of nitrogens with one attached hydrogen (secondary N) is 1. The Kier molecular flexibility index (Phi) is 4.47. The number of benzene rings is 1. The lowest BCUT2D eigenvalue weighted by Crippen LogP contribution is -2.54. The van der Waals surface area contributed by atoms with Crippen LogP contribution in [0.4, 0.5) is 9.18 Å². The molecule has 5 nitrogen and oxygen atoms in total. The van der Waals surface area contributed by atoms with Gasteiger partial charge in [0.15, 0.2) is 9.84 Å². The predicted molar refractivity (Wildman–Crippen MR) is 79.8 cm³/mol. The van der Waals surface area contributed by atoms with Crippen LogP contribution in [0.5, 0.6) is 0 Å². The summed E-state index contributed by atoms with van der Waals surface area (Å²) >= 11 is 0. The third-order valence-electron chi connectivity index (χ3n) is 3.45. The number of sulfone groups is 1. The molecule has 1 aromatic rings. The van der Waals surface area contributed by atoms with Crippen molar-refractivity contribution < 1.29 is 22.3 Å². The topological polar surface area (TPSA) is 72.5 Å². The zero-order valence-electron chi connectivity index (χ0n) is 12.8. The minimum atomic E-state index is -3.59. The number of carbonyl (C=O) groups excluding carboxylic acids is 1. The summed E-state index contributed by atoms with van der Waals surface area (Å²) in [4.78, 5) is 11.8. The number of carbonyl (C=O) groups is 1. The van der Waals surface area contributed by atoms with Crippen LogP contribution < -0.4 is 5.32 Å². The fraction of sp³-hybridized carbons (Fsp3) is 0.533. The van der Waals surface area contributed by atoms with E-state index in [-0.39, 0.29) is 4.90 Å². The number of rotatable bonds is 3. The molecule has 2 rings (SSSR count). The average Bonchev–Trinajstić information content (AvgIpc) is 2.32. The number of amides is 1. The molecule has 7 heteroatoms. The summed E-state index contributed by atoms with van der Waals surface area (Å²) in [5, 5.41) is 1.89. The van der Waals surface area contributed by atoms with Crippen LogP contribution in [0.2, 0.25) is 0 Å². The van der Waals surface area contributed by atoms with Crippen molar-refractivity contribution in [2.45, 2.75) is 55.4 Å². The summed E-state index contributed by atoms with van der Waals surface area (Å²) in [6.07, 6.45) is 0.404. The van der Waals surface area contributed by atoms with Gasteiger partial charge in [0.05, 0.1) is 10.1 Å². The van der Waals surface area contributed by atoms with Crippen LogP contribution in [0.25, 0.3) is 0 Å². The Hall–Kier alpha value is -1.63. The summed E-state index contributed by atoms with van der Waals surface area (Å²) in [6.45, 7) is 5.21. The molecule has 2 atom stereocenters. The van der Waals surface area contributed by atoms with Crippen LogP contribution in [0.1, 0.15) is 33.6 Å². The first kappa shape index (κ1) is 16.7. The SMILES string of the molecule is CC(C)(C)OC(=O)NC1CCC1S(=O)(=O)c1ccc(F)cc1. The van der Waals surface area contributed by atoms with Crippen molar-refractivity contribution in [3.05, 3.63) is 30.1 Å². The van der Waals surface area contributed by atoms with Gasteiger partial charge in [-0.05, 0) is 57.9 Å². The molecule has 122 valence electrons. The fourth-order valence-corrected chi connectivity index (χ4v) is 4.21. The highest BCUT2D eigenvalue weighted by Crippen LogP contribution is 2.32. The summed E-state index contributed by atoms with van der Waals surface area (Å²) in [5.41, 5.74) is -0.640. The van der Waals surface area contributed by atoms with Crippen molar-refractivity contribution >= 4 is 15.9 Å². The predicted octanol–water partition coefficient (Wildman–Crippen LogP) is 2.66. The Morgan fingerprint density at radius 1 is 1.23 bits per heavy atom. The van der Waals surface area contributed by atoms with E-state index in [4.69, 9.17) is 4.74 Å². The van der Waals surface area contributed by atoms with Crippen molar-refractivity contribution in [1.29, 1.82) is 0 Å². The maximum absolute atomic E-state index is 12.9. The molecule has 0 heterocycles. The van der Waals surface area contributed by atoms with E-state index in [0.29, 0.717) is 12.8 Å². The van der Waals surface area contributed by atoms with E-state index >= 15 is 0 Å². The first-order valence-corrected chi connectivity index (χ1v) is 8.63. The third-order valence-corrected chi connectivity index (χ3v) is 5.74. The minimum absolute atomic E-state index is 0.0644. The monoisotopic (exact) mass is 329 g/mol. The zero-order valence-corrected chi connectivity index (χ0v) is 13.6. The number of halogens is 1. The largest absolute Gasteiger partial charge is 0.444 e. The quantitative estimate of drug-likeness (QED) is 0.865. The van der Waals surface area contributed by atoms with E-state index in [2.05, 4.69) is 5.32 Å². The van der Waals surface area contributed by atoms with Gasteiger partial charge < -0.3 is 10.1 Å². The van der Waals surface area contributed by atoms with Gasteiger partial charge in [0.2, 0.25) is 0 Å². The zero-order chi connectivity index (χ0) is 16.5. The fourth-order valence-electron chi connectivity index (χ4n) is 2.26. The van der Waals surface area contributed by atoms with Crippen LogP contribution in [0, 0.1) is 5.82 Å². The Bertz CT molecular complexity index is 649. The number of hydrogen-bond donors (Lipinski definition) is 1. The molecule has 2 unspecified atom stereocenters. The molecule has 0 aliphatic heterocycles. The molecule has 1 aliphatic carbocycles. The summed E-state index contributed by atoms with van der Waals surface area (Å²) in [7, 11) is -3.59. The molecule has 1 N–H and O–H groups in total. The Morgan fingerprint density at radius 3 is 2.27 bits per heavy atom. The van der Waals surface area contributed by atoms with E-state index in [9.17, 15) is 17.6 Å². The Morgan fingerprint density at radius 2 is 1.82 bits per heavy atom. The van der Waals surface area contributed by atoms with Gasteiger partial charge in [-0.3, -0.25) is 0 Å². The second kappa shape index (κ2) is 5.87. The molecule has 0 aromatic heterocycles. The van der Waals surface area contributed by atoms with Crippen LogP contribution in [-0.4, -0.2) is 31.4 Å². The molecule has 0 bridgehead atoms. The first-order chi connectivity index (χ1) is 10.1. The van der Waals surface area contributed by atoms with Crippen molar-refractivity contribution in [2.24, 2.45) is 0 Å². The highest BCUT2D eigenvalue weighted by molar-refractivity contribution is 7.92. The van der Waals surface area contributed by atoms with Crippen LogP contribution in [-0.2, 0) is 14.6 Å². The molecule has 1 aliphatic rings. The lowest BCUT2D eigenvalue weighted by molar-refractivity contribution is 0.0482. The molecular formula is C15H20FNO4S. The van der Waals surface area contributed by atoms with Gasteiger partial charge in [-0.25, -0.2) is 17.6 Å². The number of alkyl carbamates (subject to hydrolysis) is 1. The summed E-state index contributed by atoms with van der Waals surface area (Å²) in [5.74, 6) is -0.490. The van der Waals surface area contributed by atoms with Crippen molar-refractivity contribution in [3.8, 4) is 0 Å². The molecule has 1 fully saturated rings. The van der Waals surface area contributed by atoms with Crippen LogP contribution >= 0.6 is 0 Å². The van der Waals surface area contributed by atoms with E-state index in [1.54, 1.807) is 20.8 Å². The molecule has 22 heavy (non-hydrogen) atoms. The van der Waals surface area contributed by atoms with E-state index in [1.807, 2.05) is 0 Å². The van der Waals surface area contributed by atoms with Gasteiger partial charge in [0, 0.05) is 6.04 Å². The average molecular weight is 329 g/mol. The normalized spacial score (nSPS) is 21.8. The molecule has 1 aromatic carbocycles. The lowest BCUT2D eigenvalue weighted by atomic mass is 9.92. The lowest BCUT2D eigenvalue weighted by Gasteiger charge is -2.36. The van der Waals surface area contributed by atoms with Crippen LogP contribution in [0.15, 0.2) is 29.2 Å². The second-order valence-electron chi connectivity index (χ2n) is 6.37. The summed E-state index contributed by atoms with van der Waals surface area (Å²) < 4.78 is 43.0. The standard InChI is InChI=1S/C15H20FNO4S/c1-15(2,3)21-14(18)17-12-8-9-13(12)22(19,20)11-6-4-10(16)5-7-11/h4-7,12-13H,8-9H2,1-3H3,(H,17,18). The van der Waals surface area contributed by atoms with Crippen LogP contribution in [0.3, 0.4) is 0 Å². The highest BCUT2D eigenvalue weighted by atomic mass is 32.2. The highest BCUT2D eigenvalue weighted by Gasteiger charge is 2.43. The maximum Gasteiger partial charge on any atom is 0.407 e. The second-order valence-corrected chi connectivity index (χ2v) is 8.53. The molecule has 0 spiro atoms. The van der Waals surface area contributed by atoms with E-state index in [0.717, 1.165) is 12.1 Å². The van der Waals surface area contributed by atoms with Gasteiger partial charge in [0.25, 0.3) is 0 Å². The first-order valence-electron chi connectivity index (χ1n) is 7.08. The van der Waals surface area contributed by atoms with E-state index < -0.39 is 38.6 Å². The number of hydrogen-bond acceptors (Lipinski definition) is 4. The molecule has 1 amide bonds. The maximum atomic E-state index is 12.9. The number of ether oxygens (including phenoxy) is 1. The van der Waals surface area contributed by atoms with Crippen molar-refractivity contribution in [1.82, 2.24) is 5.32 Å². The van der Waals surface area contributed by atoms with E-state index in [1.165, 1.54) is 12.1 Å². The van der Waals surface area contributed by atoms with Gasteiger partial charge >= 0.3 is 6.09 Å². The summed E-state index contributed by atoms with van der Waals surface area (Å²) in [6, 6.07) is 4.23. The smallest absolute Gasteiger partial charge is 0.407 e. The minimum Gasteiger partial charge on any atom is -0.444 e. The van der Waals surface area contributed by atoms with Gasteiger partial charge in [-0.15, -0.1) is 0 Å². The Labute approximate surface area is 129 Å². The van der Waals surface area contributed by atoms with Crippen molar-refractivity contribution in [2.75, 3.05) is 0 Å². The third kappa shape index (κ3) is 3.76. The molecular weight excluding hydrogens is 309 g/mol.